The molecule has 0 aliphatic heterocycles. The van der Waals surface area contributed by atoms with Crippen molar-refractivity contribution in [3.63, 3.8) is 0 Å². The van der Waals surface area contributed by atoms with Gasteiger partial charge in [0, 0.05) is 22.7 Å². The molecule has 1 atom stereocenters. The Morgan fingerprint density at radius 2 is 2.14 bits per heavy atom. The van der Waals surface area contributed by atoms with Crippen LogP contribution in [-0.2, 0) is 13.0 Å². The van der Waals surface area contributed by atoms with E-state index in [0.29, 0.717) is 25.4 Å². The van der Waals surface area contributed by atoms with E-state index in [1.807, 2.05) is 4.68 Å². The molecule has 1 unspecified atom stereocenters. The normalized spacial score (nSPS) is 17.0. The molecule has 0 amide bonds. The molecule has 1 aromatic carbocycles. The van der Waals surface area contributed by atoms with Crippen LogP contribution in [0.4, 0.5) is 4.39 Å². The Bertz CT molecular complexity index is 697. The first-order valence-electron chi connectivity index (χ1n) is 7.67. The number of hydrogen-bond donors (Lipinski definition) is 1. The molecule has 0 fully saturated rings. The van der Waals surface area contributed by atoms with Gasteiger partial charge in [-0.25, -0.2) is 4.39 Å². The Morgan fingerprint density at radius 1 is 1.36 bits per heavy atom. The van der Waals surface area contributed by atoms with Crippen LogP contribution in [0.2, 0.25) is 0 Å². The Morgan fingerprint density at radius 3 is 2.82 bits per heavy atom. The minimum Gasteiger partial charge on any atom is -0.330 e. The lowest BCUT2D eigenvalue weighted by molar-refractivity contribution is 0.520. The summed E-state index contributed by atoms with van der Waals surface area (Å²) in [6.45, 7) is 1.18. The van der Waals surface area contributed by atoms with Crippen LogP contribution in [0, 0.1) is 17.1 Å². The maximum absolute atomic E-state index is 13.2. The number of aromatic nitrogens is 2. The van der Waals surface area contributed by atoms with Crippen molar-refractivity contribution in [3.8, 4) is 17.3 Å². The summed E-state index contributed by atoms with van der Waals surface area (Å²) in [5.74, 6) is 0.0385. The third kappa shape index (κ3) is 2.62. The highest BCUT2D eigenvalue weighted by molar-refractivity contribution is 5.65. The summed E-state index contributed by atoms with van der Waals surface area (Å²) in [6.07, 6.45) is 3.55. The number of benzene rings is 1. The number of nitrogens with two attached hydrogens (primary N) is 1. The summed E-state index contributed by atoms with van der Waals surface area (Å²) in [5.41, 5.74) is 10.1. The van der Waals surface area contributed by atoms with Gasteiger partial charge in [-0.1, -0.05) is 0 Å². The van der Waals surface area contributed by atoms with E-state index >= 15 is 0 Å². The van der Waals surface area contributed by atoms with Crippen molar-refractivity contribution in [3.05, 3.63) is 41.3 Å². The van der Waals surface area contributed by atoms with Crippen molar-refractivity contribution in [2.45, 2.75) is 38.1 Å². The zero-order valence-corrected chi connectivity index (χ0v) is 12.4. The molecule has 2 aromatic rings. The molecule has 0 saturated carbocycles. The highest BCUT2D eigenvalue weighted by Gasteiger charge is 2.28. The number of nitrogens with zero attached hydrogens (tertiary/aromatic N) is 3. The van der Waals surface area contributed by atoms with Crippen LogP contribution >= 0.6 is 0 Å². The van der Waals surface area contributed by atoms with E-state index in [1.54, 1.807) is 12.1 Å². The Kier molecular flexibility index (Phi) is 4.21. The Hall–Kier alpha value is -2.19. The zero-order valence-electron chi connectivity index (χ0n) is 12.4. The number of nitriles is 1. The highest BCUT2D eigenvalue weighted by Crippen LogP contribution is 2.38. The van der Waals surface area contributed by atoms with E-state index in [0.717, 1.165) is 30.5 Å². The van der Waals surface area contributed by atoms with Crippen LogP contribution < -0.4 is 5.73 Å². The molecule has 1 heterocycles. The van der Waals surface area contributed by atoms with Gasteiger partial charge in [-0.05, 0) is 50.1 Å². The first-order valence-corrected chi connectivity index (χ1v) is 7.67. The third-order valence-corrected chi connectivity index (χ3v) is 4.31. The molecule has 1 aliphatic carbocycles. The fourth-order valence-corrected chi connectivity index (χ4v) is 3.26. The highest BCUT2D eigenvalue weighted by atomic mass is 19.1. The van der Waals surface area contributed by atoms with E-state index in [2.05, 4.69) is 6.07 Å². The van der Waals surface area contributed by atoms with Crippen molar-refractivity contribution in [1.29, 1.82) is 5.26 Å². The lowest BCUT2D eigenvalue weighted by atomic mass is 9.84. The fraction of sp³-hybridized carbons (Fsp3) is 0.412. The summed E-state index contributed by atoms with van der Waals surface area (Å²) in [7, 11) is 0. The quantitative estimate of drug-likeness (QED) is 0.943. The van der Waals surface area contributed by atoms with E-state index in [4.69, 9.17) is 16.1 Å². The van der Waals surface area contributed by atoms with Crippen molar-refractivity contribution in [2.24, 2.45) is 5.73 Å². The number of aryl methyl sites for hydroxylation is 1. The minimum absolute atomic E-state index is 0.253. The number of halogens is 1. The molecular weight excluding hydrogens is 279 g/mol. The molecule has 1 aromatic heterocycles. The van der Waals surface area contributed by atoms with Crippen LogP contribution in [0.15, 0.2) is 24.3 Å². The smallest absolute Gasteiger partial charge is 0.123 e. The van der Waals surface area contributed by atoms with Crippen molar-refractivity contribution < 1.29 is 4.39 Å². The second-order valence-corrected chi connectivity index (χ2v) is 5.67. The zero-order chi connectivity index (χ0) is 15.5. The van der Waals surface area contributed by atoms with E-state index in [-0.39, 0.29) is 5.82 Å². The van der Waals surface area contributed by atoms with E-state index in [1.165, 1.54) is 23.4 Å². The average Bonchev–Trinajstić information content (AvgIpc) is 2.92. The fourth-order valence-electron chi connectivity index (χ4n) is 3.26. The predicted molar refractivity (Wildman–Crippen MR) is 82.6 cm³/mol. The summed E-state index contributed by atoms with van der Waals surface area (Å²) in [5, 5.41) is 13.5. The van der Waals surface area contributed by atoms with Crippen molar-refractivity contribution >= 4 is 0 Å². The first-order chi connectivity index (χ1) is 10.7. The second kappa shape index (κ2) is 6.29. The molecule has 0 saturated heterocycles. The predicted octanol–water partition coefficient (Wildman–Crippen LogP) is 2.98. The van der Waals surface area contributed by atoms with Crippen molar-refractivity contribution in [1.82, 2.24) is 9.78 Å². The van der Waals surface area contributed by atoms with Gasteiger partial charge in [-0.3, -0.25) is 4.68 Å². The van der Waals surface area contributed by atoms with Gasteiger partial charge in [0.1, 0.15) is 5.82 Å². The van der Waals surface area contributed by atoms with Gasteiger partial charge in [0.25, 0.3) is 0 Å². The summed E-state index contributed by atoms with van der Waals surface area (Å²) >= 11 is 0. The standard InChI is InChI=1S/C17H19FN4/c18-14-7-5-12(6-8-14)17-16-13(11-20)3-1-4-15(16)22(21-17)10-2-9-19/h5-8,13H,1-4,10-11,20H2. The largest absolute Gasteiger partial charge is 0.330 e. The average molecular weight is 298 g/mol. The number of rotatable bonds is 4. The molecule has 5 heteroatoms. The van der Waals surface area contributed by atoms with E-state index < -0.39 is 0 Å². The molecule has 2 N–H and O–H groups in total. The van der Waals surface area contributed by atoms with Crippen LogP contribution in [0.5, 0.6) is 0 Å². The molecule has 0 bridgehead atoms. The van der Waals surface area contributed by atoms with Crippen molar-refractivity contribution in [2.75, 3.05) is 6.54 Å². The Labute approximate surface area is 129 Å². The first kappa shape index (κ1) is 14.7. The van der Waals surface area contributed by atoms with Crippen LogP contribution in [0.3, 0.4) is 0 Å². The van der Waals surface area contributed by atoms with Gasteiger partial charge in [0.05, 0.1) is 24.7 Å². The third-order valence-electron chi connectivity index (χ3n) is 4.31. The van der Waals surface area contributed by atoms with Gasteiger partial charge in [-0.15, -0.1) is 0 Å². The second-order valence-electron chi connectivity index (χ2n) is 5.67. The van der Waals surface area contributed by atoms with Gasteiger partial charge in [0.2, 0.25) is 0 Å². The summed E-state index contributed by atoms with van der Waals surface area (Å²) in [4.78, 5) is 0. The lowest BCUT2D eigenvalue weighted by Crippen LogP contribution is -2.19. The SMILES string of the molecule is N#CCCn1nc(-c2ccc(F)cc2)c2c1CCCC2CN. The monoisotopic (exact) mass is 298 g/mol. The van der Waals surface area contributed by atoms with Crippen LogP contribution in [0.25, 0.3) is 11.3 Å². The van der Waals surface area contributed by atoms with E-state index in [9.17, 15) is 4.39 Å². The molecular formula is C17H19FN4. The molecule has 22 heavy (non-hydrogen) atoms. The van der Waals surface area contributed by atoms with Gasteiger partial charge < -0.3 is 5.73 Å². The minimum atomic E-state index is -0.253. The topological polar surface area (TPSA) is 67.6 Å². The molecule has 114 valence electrons. The van der Waals surface area contributed by atoms with Gasteiger partial charge >= 0.3 is 0 Å². The Balaban J connectivity index is 2.10. The number of fused-ring (bicyclic) bond motifs is 1. The van der Waals surface area contributed by atoms with Crippen LogP contribution in [0.1, 0.15) is 36.4 Å². The van der Waals surface area contributed by atoms with Gasteiger partial charge in [0.15, 0.2) is 0 Å². The maximum atomic E-state index is 13.2. The molecule has 3 rings (SSSR count). The lowest BCUT2D eigenvalue weighted by Gasteiger charge is -2.22. The van der Waals surface area contributed by atoms with Crippen LogP contribution in [-0.4, -0.2) is 16.3 Å². The summed E-state index contributed by atoms with van der Waals surface area (Å²) < 4.78 is 15.1. The molecule has 4 nitrogen and oxygen atoms in total. The maximum Gasteiger partial charge on any atom is 0.123 e. The number of hydrogen-bond acceptors (Lipinski definition) is 3. The molecule has 0 radical (unpaired) electrons. The molecule has 0 spiro atoms. The molecule has 1 aliphatic rings. The summed E-state index contributed by atoms with van der Waals surface area (Å²) in [6, 6.07) is 8.60. The van der Waals surface area contributed by atoms with Gasteiger partial charge in [-0.2, -0.15) is 10.4 Å².